The molecule has 0 spiro atoms. The van der Waals surface area contributed by atoms with Gasteiger partial charge in [0, 0.05) is 5.56 Å². The first-order chi connectivity index (χ1) is 13.5. The quantitative estimate of drug-likeness (QED) is 0.516. The first-order valence-electron chi connectivity index (χ1n) is 9.48. The molecule has 28 heavy (non-hydrogen) atoms. The van der Waals surface area contributed by atoms with Crippen molar-refractivity contribution in [3.63, 3.8) is 0 Å². The van der Waals surface area contributed by atoms with Crippen molar-refractivity contribution in [1.82, 2.24) is 5.43 Å². The van der Waals surface area contributed by atoms with Gasteiger partial charge in [-0.3, -0.25) is 4.79 Å². The molecule has 0 aliphatic heterocycles. The molecule has 0 aliphatic carbocycles. The first kappa shape index (κ1) is 21.3. The van der Waals surface area contributed by atoms with Crippen LogP contribution < -0.4 is 19.6 Å². The molecule has 0 saturated heterocycles. The minimum atomic E-state index is -0.351. The van der Waals surface area contributed by atoms with Gasteiger partial charge in [0.2, 0.25) is 5.75 Å². The standard InChI is InChI=1S/C22H28N2O4/c1-6-26-19-13-18(14-20(27-7-2)21(19)28-8-3)22(25)24-23-16(5)17-11-9-15(4)10-12-17/h9-14H,6-8H2,1-5H3,(H,24,25)/b23-16+. The van der Waals surface area contributed by atoms with Crippen molar-refractivity contribution in [2.24, 2.45) is 5.10 Å². The minimum absolute atomic E-state index is 0.351. The van der Waals surface area contributed by atoms with Crippen molar-refractivity contribution in [2.45, 2.75) is 34.6 Å². The molecule has 150 valence electrons. The highest BCUT2D eigenvalue weighted by atomic mass is 16.5. The number of ether oxygens (including phenoxy) is 3. The molecular weight excluding hydrogens is 356 g/mol. The van der Waals surface area contributed by atoms with Crippen molar-refractivity contribution in [3.05, 3.63) is 53.1 Å². The van der Waals surface area contributed by atoms with Crippen LogP contribution in [0.1, 0.15) is 49.2 Å². The molecule has 2 rings (SSSR count). The van der Waals surface area contributed by atoms with E-state index in [9.17, 15) is 4.79 Å². The lowest BCUT2D eigenvalue weighted by atomic mass is 10.1. The van der Waals surface area contributed by atoms with Gasteiger partial charge in [-0.1, -0.05) is 29.8 Å². The molecule has 0 fully saturated rings. The van der Waals surface area contributed by atoms with Gasteiger partial charge in [-0.15, -0.1) is 0 Å². The lowest BCUT2D eigenvalue weighted by Crippen LogP contribution is -2.20. The van der Waals surface area contributed by atoms with Crippen molar-refractivity contribution in [2.75, 3.05) is 19.8 Å². The van der Waals surface area contributed by atoms with Gasteiger partial charge in [0.05, 0.1) is 25.5 Å². The highest BCUT2D eigenvalue weighted by Gasteiger charge is 2.18. The number of hydrazone groups is 1. The number of nitrogens with zero attached hydrogens (tertiary/aromatic N) is 1. The van der Waals surface area contributed by atoms with E-state index in [0.717, 1.165) is 5.56 Å². The number of hydrogen-bond donors (Lipinski definition) is 1. The lowest BCUT2D eigenvalue weighted by Gasteiger charge is -2.16. The molecule has 6 heteroatoms. The summed E-state index contributed by atoms with van der Waals surface area (Å²) in [7, 11) is 0. The van der Waals surface area contributed by atoms with Crippen LogP contribution in [-0.4, -0.2) is 31.4 Å². The smallest absolute Gasteiger partial charge is 0.271 e. The van der Waals surface area contributed by atoms with Crippen LogP contribution in [0.25, 0.3) is 0 Å². The van der Waals surface area contributed by atoms with E-state index in [1.54, 1.807) is 12.1 Å². The minimum Gasteiger partial charge on any atom is -0.490 e. The molecule has 0 aromatic heterocycles. The number of hydrogen-bond acceptors (Lipinski definition) is 5. The van der Waals surface area contributed by atoms with Crippen LogP contribution >= 0.6 is 0 Å². The third-order valence-electron chi connectivity index (χ3n) is 3.97. The third-order valence-corrected chi connectivity index (χ3v) is 3.97. The largest absolute Gasteiger partial charge is 0.490 e. The van der Waals surface area contributed by atoms with E-state index in [-0.39, 0.29) is 5.91 Å². The second-order valence-electron chi connectivity index (χ2n) is 6.10. The average molecular weight is 384 g/mol. The zero-order valence-corrected chi connectivity index (χ0v) is 17.2. The molecule has 0 heterocycles. The second-order valence-corrected chi connectivity index (χ2v) is 6.10. The number of rotatable bonds is 9. The van der Waals surface area contributed by atoms with Gasteiger partial charge in [-0.05, 0) is 52.3 Å². The summed E-state index contributed by atoms with van der Waals surface area (Å²) in [6.45, 7) is 10.9. The van der Waals surface area contributed by atoms with E-state index in [4.69, 9.17) is 14.2 Å². The molecule has 0 bridgehead atoms. The van der Waals surface area contributed by atoms with E-state index in [0.29, 0.717) is 48.3 Å². The van der Waals surface area contributed by atoms with Crippen molar-refractivity contribution < 1.29 is 19.0 Å². The van der Waals surface area contributed by atoms with Crippen molar-refractivity contribution in [1.29, 1.82) is 0 Å². The summed E-state index contributed by atoms with van der Waals surface area (Å²) < 4.78 is 17.0. The molecule has 6 nitrogen and oxygen atoms in total. The van der Waals surface area contributed by atoms with Gasteiger partial charge in [0.25, 0.3) is 5.91 Å². The van der Waals surface area contributed by atoms with Crippen molar-refractivity contribution >= 4 is 11.6 Å². The molecule has 1 amide bonds. The fourth-order valence-corrected chi connectivity index (χ4v) is 2.58. The molecule has 0 radical (unpaired) electrons. The molecule has 0 atom stereocenters. The Balaban J connectivity index is 2.28. The third kappa shape index (κ3) is 5.49. The molecule has 0 aliphatic rings. The number of aryl methyl sites for hydroxylation is 1. The van der Waals surface area contributed by atoms with E-state index in [1.807, 2.05) is 58.9 Å². The summed E-state index contributed by atoms with van der Waals surface area (Å²) in [6, 6.07) is 11.2. The molecule has 2 aromatic carbocycles. The Morgan fingerprint density at radius 2 is 1.43 bits per heavy atom. The normalized spacial score (nSPS) is 11.1. The maximum Gasteiger partial charge on any atom is 0.271 e. The zero-order valence-electron chi connectivity index (χ0n) is 17.2. The van der Waals surface area contributed by atoms with Crippen LogP contribution in [0.2, 0.25) is 0 Å². The van der Waals surface area contributed by atoms with Gasteiger partial charge in [0.1, 0.15) is 0 Å². The summed E-state index contributed by atoms with van der Waals surface area (Å²) in [5, 5.41) is 4.21. The van der Waals surface area contributed by atoms with Gasteiger partial charge in [0.15, 0.2) is 11.5 Å². The van der Waals surface area contributed by atoms with E-state index < -0.39 is 0 Å². The fourth-order valence-electron chi connectivity index (χ4n) is 2.58. The lowest BCUT2D eigenvalue weighted by molar-refractivity contribution is 0.0953. The van der Waals surface area contributed by atoms with E-state index >= 15 is 0 Å². The number of nitrogens with one attached hydrogen (secondary N) is 1. The second kappa shape index (κ2) is 10.3. The van der Waals surface area contributed by atoms with Crippen LogP contribution in [0.3, 0.4) is 0 Å². The topological polar surface area (TPSA) is 69.2 Å². The first-order valence-corrected chi connectivity index (χ1v) is 9.48. The number of amides is 1. The Morgan fingerprint density at radius 1 is 0.893 bits per heavy atom. The predicted octanol–water partition coefficient (Wildman–Crippen LogP) is 4.35. The molecule has 2 aromatic rings. The number of carbonyl (C=O) groups is 1. The Hall–Kier alpha value is -3.02. The maximum atomic E-state index is 12.6. The van der Waals surface area contributed by atoms with Gasteiger partial charge in [-0.2, -0.15) is 5.10 Å². The van der Waals surface area contributed by atoms with Crippen LogP contribution in [0.5, 0.6) is 17.2 Å². The SMILES string of the molecule is CCOc1cc(C(=O)N/N=C(\C)c2ccc(C)cc2)cc(OCC)c1OCC. The van der Waals surface area contributed by atoms with E-state index in [2.05, 4.69) is 10.5 Å². The fraction of sp³-hybridized carbons (Fsp3) is 0.364. The maximum absolute atomic E-state index is 12.6. The Labute approximate surface area is 166 Å². The number of carbonyl (C=O) groups excluding carboxylic acids is 1. The monoisotopic (exact) mass is 384 g/mol. The summed E-state index contributed by atoms with van der Waals surface area (Å²) >= 11 is 0. The van der Waals surface area contributed by atoms with Gasteiger partial charge >= 0.3 is 0 Å². The highest BCUT2D eigenvalue weighted by molar-refractivity contribution is 6.01. The van der Waals surface area contributed by atoms with Crippen LogP contribution in [-0.2, 0) is 0 Å². The zero-order chi connectivity index (χ0) is 20.5. The summed E-state index contributed by atoms with van der Waals surface area (Å²) in [4.78, 5) is 12.6. The van der Waals surface area contributed by atoms with Crippen molar-refractivity contribution in [3.8, 4) is 17.2 Å². The Bertz CT molecular complexity index is 802. The van der Waals surface area contributed by atoms with Gasteiger partial charge < -0.3 is 14.2 Å². The molecule has 0 unspecified atom stereocenters. The number of benzene rings is 2. The van der Waals surface area contributed by atoms with Crippen LogP contribution in [0, 0.1) is 6.92 Å². The van der Waals surface area contributed by atoms with Gasteiger partial charge in [-0.25, -0.2) is 5.43 Å². The van der Waals surface area contributed by atoms with Crippen LogP contribution in [0.4, 0.5) is 0 Å². The molecular formula is C22H28N2O4. The summed E-state index contributed by atoms with van der Waals surface area (Å²) in [6.07, 6.45) is 0. The molecule has 0 saturated carbocycles. The van der Waals surface area contributed by atoms with E-state index in [1.165, 1.54) is 5.56 Å². The predicted molar refractivity (Wildman–Crippen MR) is 111 cm³/mol. The Morgan fingerprint density at radius 3 is 1.93 bits per heavy atom. The molecule has 1 N–H and O–H groups in total. The van der Waals surface area contributed by atoms with Crippen LogP contribution in [0.15, 0.2) is 41.5 Å². The average Bonchev–Trinajstić information content (AvgIpc) is 2.69. The summed E-state index contributed by atoms with van der Waals surface area (Å²) in [5.74, 6) is 1.10. The highest BCUT2D eigenvalue weighted by Crippen LogP contribution is 2.39. The Kier molecular flexibility index (Phi) is 7.87. The summed E-state index contributed by atoms with van der Waals surface area (Å²) in [5.41, 5.74) is 5.82.